The van der Waals surface area contributed by atoms with Crippen molar-refractivity contribution in [2.24, 2.45) is 0 Å². The topological polar surface area (TPSA) is 14.2 Å². The second-order valence-corrected chi connectivity index (χ2v) is 7.12. The van der Waals surface area contributed by atoms with Crippen molar-refractivity contribution in [3.8, 4) is 22.6 Å². The molecule has 2 nitrogen and oxygen atoms in total. The highest BCUT2D eigenvalue weighted by atomic mass is 16.5. The third-order valence-corrected chi connectivity index (χ3v) is 5.54. The number of hydrogen-bond donors (Lipinski definition) is 0. The second kappa shape index (κ2) is 5.61. The van der Waals surface area contributed by atoms with Gasteiger partial charge < -0.3 is 9.30 Å². The van der Waals surface area contributed by atoms with Gasteiger partial charge in [0.05, 0.1) is 11.0 Å². The SMILES string of the molecule is C=C1Oc2cc3c4ccccc4n(-c4ccccc4)c3cc2-c2ccccc21. The van der Waals surface area contributed by atoms with Crippen LogP contribution in [0.2, 0.25) is 0 Å². The Morgan fingerprint density at radius 3 is 2.18 bits per heavy atom. The van der Waals surface area contributed by atoms with E-state index in [1.807, 2.05) is 6.07 Å². The predicted octanol–water partition coefficient (Wildman–Crippen LogP) is 6.81. The van der Waals surface area contributed by atoms with Gasteiger partial charge in [-0.2, -0.15) is 0 Å². The van der Waals surface area contributed by atoms with Gasteiger partial charge in [-0.15, -0.1) is 0 Å². The lowest BCUT2D eigenvalue weighted by molar-refractivity contribution is 0.514. The normalized spacial score (nSPS) is 12.6. The van der Waals surface area contributed by atoms with E-state index in [1.165, 1.54) is 27.4 Å². The van der Waals surface area contributed by atoms with Crippen molar-refractivity contribution in [1.82, 2.24) is 4.57 Å². The first-order valence-electron chi connectivity index (χ1n) is 9.40. The van der Waals surface area contributed by atoms with Gasteiger partial charge in [0.2, 0.25) is 0 Å². The molecule has 0 aliphatic carbocycles. The molecule has 1 aliphatic rings. The Morgan fingerprint density at radius 1 is 0.607 bits per heavy atom. The van der Waals surface area contributed by atoms with E-state index < -0.39 is 0 Å². The van der Waals surface area contributed by atoms with Crippen molar-refractivity contribution in [3.63, 3.8) is 0 Å². The van der Waals surface area contributed by atoms with E-state index in [0.717, 1.165) is 22.6 Å². The Bertz CT molecular complexity index is 1390. The van der Waals surface area contributed by atoms with Gasteiger partial charge in [0.25, 0.3) is 0 Å². The zero-order valence-electron chi connectivity index (χ0n) is 15.2. The summed E-state index contributed by atoms with van der Waals surface area (Å²) in [7, 11) is 0. The van der Waals surface area contributed by atoms with Crippen LogP contribution < -0.4 is 4.74 Å². The Labute approximate surface area is 162 Å². The fourth-order valence-electron chi connectivity index (χ4n) is 4.29. The number of ether oxygens (including phenoxy) is 1. The molecule has 0 unspecified atom stereocenters. The van der Waals surface area contributed by atoms with Crippen LogP contribution in [0.5, 0.6) is 5.75 Å². The number of aromatic nitrogens is 1. The summed E-state index contributed by atoms with van der Waals surface area (Å²) in [4.78, 5) is 0. The highest BCUT2D eigenvalue weighted by Crippen LogP contribution is 2.45. The molecule has 0 amide bonds. The standard InChI is InChI=1S/C26H17NO/c1-17-19-11-5-6-12-20(19)23-15-25-22(16-26(23)28-17)21-13-7-8-14-24(21)27(25)18-9-3-2-4-10-18/h2-16H,1H2. The van der Waals surface area contributed by atoms with Crippen molar-refractivity contribution in [3.05, 3.63) is 103 Å². The summed E-state index contributed by atoms with van der Waals surface area (Å²) < 4.78 is 8.46. The molecular formula is C26H17NO. The monoisotopic (exact) mass is 359 g/mol. The van der Waals surface area contributed by atoms with Crippen molar-refractivity contribution in [2.45, 2.75) is 0 Å². The largest absolute Gasteiger partial charge is 0.457 e. The lowest BCUT2D eigenvalue weighted by Gasteiger charge is -2.22. The average Bonchev–Trinajstić information content (AvgIpc) is 3.07. The molecule has 4 aromatic carbocycles. The quantitative estimate of drug-likeness (QED) is 0.320. The van der Waals surface area contributed by atoms with Crippen LogP contribution in [-0.2, 0) is 0 Å². The Kier molecular flexibility index (Phi) is 3.06. The maximum Gasteiger partial charge on any atom is 0.136 e. The summed E-state index contributed by atoms with van der Waals surface area (Å²) in [5, 5.41) is 2.41. The first kappa shape index (κ1) is 15.3. The molecule has 0 spiro atoms. The molecule has 28 heavy (non-hydrogen) atoms. The molecule has 0 atom stereocenters. The third kappa shape index (κ3) is 2.03. The summed E-state index contributed by atoms with van der Waals surface area (Å²) >= 11 is 0. The van der Waals surface area contributed by atoms with Gasteiger partial charge in [0, 0.05) is 27.6 Å². The van der Waals surface area contributed by atoms with Crippen molar-refractivity contribution in [2.75, 3.05) is 0 Å². The number of hydrogen-bond acceptors (Lipinski definition) is 1. The van der Waals surface area contributed by atoms with Crippen molar-refractivity contribution >= 4 is 27.6 Å². The lowest BCUT2D eigenvalue weighted by Crippen LogP contribution is -2.04. The number of para-hydroxylation sites is 2. The molecule has 0 fully saturated rings. The zero-order chi connectivity index (χ0) is 18.7. The van der Waals surface area contributed by atoms with Gasteiger partial charge >= 0.3 is 0 Å². The molecular weight excluding hydrogens is 342 g/mol. The molecule has 0 bridgehead atoms. The van der Waals surface area contributed by atoms with Crippen LogP contribution >= 0.6 is 0 Å². The number of nitrogens with zero attached hydrogens (tertiary/aromatic N) is 1. The number of fused-ring (bicyclic) bond motifs is 6. The van der Waals surface area contributed by atoms with Gasteiger partial charge in [-0.25, -0.2) is 0 Å². The summed E-state index contributed by atoms with van der Waals surface area (Å²) in [6.07, 6.45) is 0. The molecule has 1 aliphatic heterocycles. The molecule has 2 heterocycles. The third-order valence-electron chi connectivity index (χ3n) is 5.54. The fraction of sp³-hybridized carbons (Fsp3) is 0. The predicted molar refractivity (Wildman–Crippen MR) is 116 cm³/mol. The number of rotatable bonds is 1. The van der Waals surface area contributed by atoms with Crippen LogP contribution in [0.4, 0.5) is 0 Å². The van der Waals surface area contributed by atoms with Gasteiger partial charge in [-0.3, -0.25) is 0 Å². The molecule has 0 saturated heterocycles. The van der Waals surface area contributed by atoms with E-state index in [9.17, 15) is 0 Å². The second-order valence-electron chi connectivity index (χ2n) is 7.12. The van der Waals surface area contributed by atoms with Crippen molar-refractivity contribution < 1.29 is 4.74 Å². The van der Waals surface area contributed by atoms with E-state index in [-0.39, 0.29) is 0 Å². The van der Waals surface area contributed by atoms with Gasteiger partial charge in [-0.1, -0.05) is 67.2 Å². The summed E-state index contributed by atoms with van der Waals surface area (Å²) in [6, 6.07) is 31.8. The van der Waals surface area contributed by atoms with Crippen LogP contribution in [0.3, 0.4) is 0 Å². The Balaban J connectivity index is 1.77. The highest BCUT2D eigenvalue weighted by Gasteiger charge is 2.23. The van der Waals surface area contributed by atoms with E-state index in [1.54, 1.807) is 0 Å². The first-order valence-corrected chi connectivity index (χ1v) is 9.40. The molecule has 0 N–H and O–H groups in total. The van der Waals surface area contributed by atoms with Crippen LogP contribution in [-0.4, -0.2) is 4.57 Å². The molecule has 0 radical (unpaired) electrons. The van der Waals surface area contributed by atoms with Crippen LogP contribution in [0.15, 0.2) is 97.6 Å². The van der Waals surface area contributed by atoms with E-state index in [4.69, 9.17) is 4.74 Å². The lowest BCUT2D eigenvalue weighted by atomic mass is 9.94. The van der Waals surface area contributed by atoms with Gasteiger partial charge in [0.15, 0.2) is 0 Å². The maximum atomic E-state index is 6.13. The summed E-state index contributed by atoms with van der Waals surface area (Å²) in [6.45, 7) is 4.12. The molecule has 132 valence electrons. The molecule has 1 aromatic heterocycles. The van der Waals surface area contributed by atoms with Gasteiger partial charge in [0.1, 0.15) is 11.5 Å². The first-order chi connectivity index (χ1) is 13.8. The maximum absolute atomic E-state index is 6.13. The van der Waals surface area contributed by atoms with Crippen LogP contribution in [0, 0.1) is 0 Å². The molecule has 5 aromatic rings. The van der Waals surface area contributed by atoms with Crippen LogP contribution in [0.25, 0.3) is 44.4 Å². The molecule has 2 heteroatoms. The summed E-state index contributed by atoms with van der Waals surface area (Å²) in [5.74, 6) is 1.57. The smallest absolute Gasteiger partial charge is 0.136 e. The Hall–Kier alpha value is -3.78. The highest BCUT2D eigenvalue weighted by molar-refractivity contribution is 6.11. The van der Waals surface area contributed by atoms with E-state index >= 15 is 0 Å². The van der Waals surface area contributed by atoms with Crippen molar-refractivity contribution in [1.29, 1.82) is 0 Å². The van der Waals surface area contributed by atoms with E-state index in [2.05, 4.69) is 96.1 Å². The van der Waals surface area contributed by atoms with E-state index in [0.29, 0.717) is 5.76 Å². The summed E-state index contributed by atoms with van der Waals surface area (Å²) in [5.41, 5.74) is 6.85. The minimum absolute atomic E-state index is 0.703. The minimum atomic E-state index is 0.703. The Morgan fingerprint density at radius 2 is 1.32 bits per heavy atom. The molecule has 6 rings (SSSR count). The fourth-order valence-corrected chi connectivity index (χ4v) is 4.29. The van der Waals surface area contributed by atoms with Gasteiger partial charge in [-0.05, 0) is 35.9 Å². The number of benzene rings is 4. The van der Waals surface area contributed by atoms with Crippen LogP contribution in [0.1, 0.15) is 5.56 Å². The minimum Gasteiger partial charge on any atom is -0.457 e. The average molecular weight is 359 g/mol. The molecule has 0 saturated carbocycles. The zero-order valence-corrected chi connectivity index (χ0v) is 15.2.